The maximum Gasteiger partial charge on any atom is 0.181 e. The Labute approximate surface area is 148 Å². The molecule has 2 saturated heterocycles. The second kappa shape index (κ2) is 7.52. The SMILES string of the molecule is c1ccc(COc2ccccc2CN2CCCC3(C2)OCCO3)nc1. The van der Waals surface area contributed by atoms with Crippen molar-refractivity contribution in [1.29, 1.82) is 0 Å². The second-order valence-electron chi connectivity index (χ2n) is 6.64. The zero-order chi connectivity index (χ0) is 17.0. The first-order valence-corrected chi connectivity index (χ1v) is 8.94. The van der Waals surface area contributed by atoms with E-state index in [-0.39, 0.29) is 5.79 Å². The van der Waals surface area contributed by atoms with Crippen molar-refractivity contribution < 1.29 is 14.2 Å². The minimum Gasteiger partial charge on any atom is -0.487 e. The Hall–Kier alpha value is -1.95. The van der Waals surface area contributed by atoms with E-state index in [9.17, 15) is 0 Å². The molecule has 1 spiro atoms. The summed E-state index contributed by atoms with van der Waals surface area (Å²) in [4.78, 5) is 6.72. The summed E-state index contributed by atoms with van der Waals surface area (Å²) < 4.78 is 17.8. The molecule has 0 amide bonds. The largest absolute Gasteiger partial charge is 0.487 e. The number of para-hydroxylation sites is 1. The molecule has 0 bridgehead atoms. The Morgan fingerprint density at radius 1 is 1.08 bits per heavy atom. The predicted octanol–water partition coefficient (Wildman–Crippen LogP) is 3.00. The lowest BCUT2D eigenvalue weighted by Gasteiger charge is -2.38. The van der Waals surface area contributed by atoms with Crippen LogP contribution < -0.4 is 4.74 Å². The van der Waals surface area contributed by atoms with Crippen LogP contribution in [0.3, 0.4) is 0 Å². The lowest BCUT2D eigenvalue weighted by atomic mass is 10.0. The van der Waals surface area contributed by atoms with Crippen LogP contribution in [0, 0.1) is 0 Å². The van der Waals surface area contributed by atoms with Crippen LogP contribution in [0.4, 0.5) is 0 Å². The van der Waals surface area contributed by atoms with Gasteiger partial charge < -0.3 is 14.2 Å². The summed E-state index contributed by atoms with van der Waals surface area (Å²) in [6, 6.07) is 14.1. The quantitative estimate of drug-likeness (QED) is 0.837. The summed E-state index contributed by atoms with van der Waals surface area (Å²) in [5.74, 6) is 0.531. The molecule has 1 aromatic heterocycles. The summed E-state index contributed by atoms with van der Waals surface area (Å²) >= 11 is 0. The van der Waals surface area contributed by atoms with E-state index < -0.39 is 0 Å². The molecule has 0 radical (unpaired) electrons. The van der Waals surface area contributed by atoms with Crippen molar-refractivity contribution in [2.45, 2.75) is 31.8 Å². The number of ether oxygens (including phenoxy) is 3. The zero-order valence-electron chi connectivity index (χ0n) is 14.4. The van der Waals surface area contributed by atoms with Gasteiger partial charge in [-0.3, -0.25) is 9.88 Å². The molecule has 0 N–H and O–H groups in total. The molecule has 3 heterocycles. The lowest BCUT2D eigenvalue weighted by Crippen LogP contribution is -2.48. The average Bonchev–Trinajstić information content (AvgIpc) is 3.09. The van der Waals surface area contributed by atoms with Crippen molar-refractivity contribution in [2.75, 3.05) is 26.3 Å². The molecule has 2 aliphatic rings. The van der Waals surface area contributed by atoms with Gasteiger partial charge in [0.25, 0.3) is 0 Å². The smallest absolute Gasteiger partial charge is 0.181 e. The molecule has 2 fully saturated rings. The normalized spacial score (nSPS) is 20.0. The van der Waals surface area contributed by atoms with Crippen molar-refractivity contribution in [3.05, 3.63) is 59.9 Å². The molecule has 0 saturated carbocycles. The van der Waals surface area contributed by atoms with Gasteiger partial charge in [0.2, 0.25) is 0 Å². The number of aromatic nitrogens is 1. The zero-order valence-corrected chi connectivity index (χ0v) is 14.4. The highest BCUT2D eigenvalue weighted by Crippen LogP contribution is 2.31. The van der Waals surface area contributed by atoms with Gasteiger partial charge in [-0.15, -0.1) is 0 Å². The Kier molecular flexibility index (Phi) is 4.97. The van der Waals surface area contributed by atoms with Gasteiger partial charge in [-0.2, -0.15) is 0 Å². The van der Waals surface area contributed by atoms with Gasteiger partial charge in [-0.05, 0) is 31.2 Å². The van der Waals surface area contributed by atoms with Crippen LogP contribution in [0.5, 0.6) is 5.75 Å². The van der Waals surface area contributed by atoms with E-state index in [1.807, 2.05) is 30.3 Å². The van der Waals surface area contributed by atoms with Crippen LogP contribution in [-0.4, -0.2) is 42.0 Å². The lowest BCUT2D eigenvalue weighted by molar-refractivity contribution is -0.190. The van der Waals surface area contributed by atoms with Gasteiger partial charge in [-0.25, -0.2) is 0 Å². The number of hydrogen-bond donors (Lipinski definition) is 0. The Balaban J connectivity index is 1.42. The number of hydrogen-bond acceptors (Lipinski definition) is 5. The molecule has 1 aromatic carbocycles. The van der Waals surface area contributed by atoms with Gasteiger partial charge >= 0.3 is 0 Å². The molecule has 2 aliphatic heterocycles. The van der Waals surface area contributed by atoms with Crippen LogP contribution >= 0.6 is 0 Å². The molecule has 5 heteroatoms. The predicted molar refractivity (Wildman–Crippen MR) is 94.2 cm³/mol. The fourth-order valence-electron chi connectivity index (χ4n) is 3.59. The molecule has 0 atom stereocenters. The van der Waals surface area contributed by atoms with Gasteiger partial charge in [0, 0.05) is 24.7 Å². The Morgan fingerprint density at radius 3 is 2.76 bits per heavy atom. The fraction of sp³-hybridized carbons (Fsp3) is 0.450. The minimum absolute atomic E-state index is 0.387. The fourth-order valence-corrected chi connectivity index (χ4v) is 3.59. The second-order valence-corrected chi connectivity index (χ2v) is 6.64. The van der Waals surface area contributed by atoms with E-state index in [4.69, 9.17) is 14.2 Å². The van der Waals surface area contributed by atoms with Crippen molar-refractivity contribution in [3.8, 4) is 5.75 Å². The van der Waals surface area contributed by atoms with E-state index in [1.54, 1.807) is 6.20 Å². The van der Waals surface area contributed by atoms with E-state index in [2.05, 4.69) is 22.0 Å². The molecule has 5 nitrogen and oxygen atoms in total. The highest BCUT2D eigenvalue weighted by Gasteiger charge is 2.40. The first kappa shape index (κ1) is 16.5. The number of rotatable bonds is 5. The third-order valence-corrected chi connectivity index (χ3v) is 4.78. The topological polar surface area (TPSA) is 43.8 Å². The highest BCUT2D eigenvalue weighted by molar-refractivity contribution is 5.33. The van der Waals surface area contributed by atoms with Crippen molar-refractivity contribution in [2.24, 2.45) is 0 Å². The highest BCUT2D eigenvalue weighted by atomic mass is 16.7. The summed E-state index contributed by atoms with van der Waals surface area (Å²) in [6.07, 6.45) is 3.87. The van der Waals surface area contributed by atoms with Crippen molar-refractivity contribution in [1.82, 2.24) is 9.88 Å². The maximum absolute atomic E-state index is 6.03. The minimum atomic E-state index is -0.387. The Morgan fingerprint density at radius 2 is 1.92 bits per heavy atom. The van der Waals surface area contributed by atoms with E-state index >= 15 is 0 Å². The first-order chi connectivity index (χ1) is 12.3. The first-order valence-electron chi connectivity index (χ1n) is 8.94. The molecule has 132 valence electrons. The molecule has 25 heavy (non-hydrogen) atoms. The number of benzene rings is 1. The van der Waals surface area contributed by atoms with Crippen LogP contribution in [0.2, 0.25) is 0 Å². The average molecular weight is 340 g/mol. The molecule has 4 rings (SSSR count). The van der Waals surface area contributed by atoms with Crippen LogP contribution in [0.1, 0.15) is 24.1 Å². The standard InChI is InChI=1S/C20H24N2O3/c1-2-8-19(23-15-18-7-3-4-10-21-18)17(6-1)14-22-11-5-9-20(16-22)24-12-13-25-20/h1-4,6-8,10H,5,9,11-16H2. The monoisotopic (exact) mass is 340 g/mol. The number of likely N-dealkylation sites (tertiary alicyclic amines) is 1. The number of nitrogens with zero attached hydrogens (tertiary/aromatic N) is 2. The van der Waals surface area contributed by atoms with Crippen LogP contribution in [0.25, 0.3) is 0 Å². The van der Waals surface area contributed by atoms with Gasteiger partial charge in [0.15, 0.2) is 5.79 Å². The van der Waals surface area contributed by atoms with Crippen molar-refractivity contribution >= 4 is 0 Å². The maximum atomic E-state index is 6.03. The van der Waals surface area contributed by atoms with E-state index in [0.717, 1.165) is 43.9 Å². The Bertz CT molecular complexity index is 686. The van der Waals surface area contributed by atoms with Crippen molar-refractivity contribution in [3.63, 3.8) is 0 Å². The third-order valence-electron chi connectivity index (χ3n) is 4.78. The molecule has 0 aliphatic carbocycles. The summed E-state index contributed by atoms with van der Waals surface area (Å²) in [7, 11) is 0. The van der Waals surface area contributed by atoms with Crippen LogP contribution in [0.15, 0.2) is 48.7 Å². The van der Waals surface area contributed by atoms with E-state index in [1.165, 1.54) is 5.56 Å². The van der Waals surface area contributed by atoms with E-state index in [0.29, 0.717) is 19.8 Å². The summed E-state index contributed by atoms with van der Waals surface area (Å²) in [6.45, 7) is 4.61. The number of piperidine rings is 1. The molecular formula is C20H24N2O3. The number of pyridine rings is 1. The third kappa shape index (κ3) is 4.00. The molecule has 2 aromatic rings. The summed E-state index contributed by atoms with van der Waals surface area (Å²) in [5.41, 5.74) is 2.12. The molecular weight excluding hydrogens is 316 g/mol. The summed E-state index contributed by atoms with van der Waals surface area (Å²) in [5, 5.41) is 0. The van der Waals surface area contributed by atoms with Gasteiger partial charge in [0.1, 0.15) is 12.4 Å². The van der Waals surface area contributed by atoms with Gasteiger partial charge in [0.05, 0.1) is 25.5 Å². The van der Waals surface area contributed by atoms with Crippen LogP contribution in [-0.2, 0) is 22.6 Å². The van der Waals surface area contributed by atoms with Gasteiger partial charge in [-0.1, -0.05) is 24.3 Å². The molecule has 0 unspecified atom stereocenters.